The number of carbonyl (C=O) groups is 2. The molecule has 0 atom stereocenters. The normalized spacial score (nSPS) is 15.9. The molecule has 0 radical (unpaired) electrons. The Kier molecular flexibility index (Phi) is 7.41. The van der Waals surface area contributed by atoms with Crippen molar-refractivity contribution in [2.24, 2.45) is 0 Å². The molecule has 144 valence electrons. The number of carbonyl (C=O) groups excluding carboxylic acids is 2. The molecule has 2 rings (SSSR count). The van der Waals surface area contributed by atoms with Gasteiger partial charge in [0.15, 0.2) is 0 Å². The van der Waals surface area contributed by atoms with Gasteiger partial charge in [-0.3, -0.25) is 15.0 Å². The van der Waals surface area contributed by atoms with Gasteiger partial charge in [-0.25, -0.2) is 4.79 Å². The number of nitrogens with zero attached hydrogens (tertiary/aromatic N) is 2. The number of amides is 3. The maximum atomic E-state index is 12.1. The molecule has 1 fully saturated rings. The molecule has 7 nitrogen and oxygen atoms in total. The van der Waals surface area contributed by atoms with Crippen LogP contribution in [0.25, 0.3) is 0 Å². The Morgan fingerprint density at radius 3 is 2.38 bits per heavy atom. The zero-order chi connectivity index (χ0) is 19.1. The molecule has 7 heteroatoms. The zero-order valence-corrected chi connectivity index (χ0v) is 16.1. The van der Waals surface area contributed by atoms with Crippen molar-refractivity contribution in [1.82, 2.24) is 15.1 Å². The van der Waals surface area contributed by atoms with Gasteiger partial charge in [-0.15, -0.1) is 0 Å². The van der Waals surface area contributed by atoms with E-state index in [0.717, 1.165) is 25.9 Å². The van der Waals surface area contributed by atoms with Gasteiger partial charge in [-0.2, -0.15) is 0 Å². The van der Waals surface area contributed by atoms with E-state index >= 15 is 0 Å². The molecule has 0 saturated carbocycles. The Hall–Kier alpha value is -2.12. The van der Waals surface area contributed by atoms with Crippen molar-refractivity contribution in [3.05, 3.63) is 24.3 Å². The van der Waals surface area contributed by atoms with E-state index in [2.05, 4.69) is 29.4 Å². The number of rotatable bonds is 6. The van der Waals surface area contributed by atoms with Gasteiger partial charge >= 0.3 is 6.03 Å². The first kappa shape index (κ1) is 20.2. The van der Waals surface area contributed by atoms with Crippen LogP contribution in [0.15, 0.2) is 24.3 Å². The van der Waals surface area contributed by atoms with Crippen LogP contribution < -0.4 is 15.4 Å². The lowest BCUT2D eigenvalue weighted by Gasteiger charge is -2.38. The quantitative estimate of drug-likeness (QED) is 0.811. The van der Waals surface area contributed by atoms with Gasteiger partial charge in [0.1, 0.15) is 5.75 Å². The molecule has 3 amide bonds. The second kappa shape index (κ2) is 9.54. The molecule has 2 N–H and O–H groups in total. The summed E-state index contributed by atoms with van der Waals surface area (Å²) >= 11 is 0. The SMILES string of the molecule is COc1ccc(NC(=O)NC(=O)CN(C)C2CCN(C(C)C)CC2)cc1. The van der Waals surface area contributed by atoms with Gasteiger partial charge in [-0.1, -0.05) is 0 Å². The Morgan fingerprint density at radius 1 is 1.23 bits per heavy atom. The highest BCUT2D eigenvalue weighted by Crippen LogP contribution is 2.17. The number of urea groups is 1. The number of anilines is 1. The van der Waals surface area contributed by atoms with Crippen molar-refractivity contribution in [2.75, 3.05) is 39.1 Å². The first-order chi connectivity index (χ1) is 12.4. The van der Waals surface area contributed by atoms with Crippen LogP contribution in [0, 0.1) is 0 Å². The molecule has 1 aromatic carbocycles. The fourth-order valence-corrected chi connectivity index (χ4v) is 3.20. The van der Waals surface area contributed by atoms with Crippen LogP contribution in [-0.4, -0.2) is 67.6 Å². The molecule has 1 aliphatic heterocycles. The van der Waals surface area contributed by atoms with Gasteiger partial charge in [0, 0.05) is 17.8 Å². The van der Waals surface area contributed by atoms with Crippen LogP contribution in [-0.2, 0) is 4.79 Å². The molecule has 1 aromatic rings. The highest BCUT2D eigenvalue weighted by Gasteiger charge is 2.25. The summed E-state index contributed by atoms with van der Waals surface area (Å²) in [5.74, 6) is 0.405. The second-order valence-corrected chi connectivity index (χ2v) is 7.01. The number of nitrogens with one attached hydrogen (secondary N) is 2. The van der Waals surface area contributed by atoms with Crippen LogP contribution in [0.3, 0.4) is 0 Å². The maximum Gasteiger partial charge on any atom is 0.325 e. The summed E-state index contributed by atoms with van der Waals surface area (Å²) in [7, 11) is 3.52. The Bertz CT molecular complexity index is 595. The maximum absolute atomic E-state index is 12.1. The molecule has 0 bridgehead atoms. The average molecular weight is 362 g/mol. The molecular formula is C19H30N4O3. The Labute approximate surface area is 155 Å². The number of imide groups is 1. The fourth-order valence-electron chi connectivity index (χ4n) is 3.20. The summed E-state index contributed by atoms with van der Waals surface area (Å²) in [4.78, 5) is 28.6. The Morgan fingerprint density at radius 2 is 1.85 bits per heavy atom. The molecule has 26 heavy (non-hydrogen) atoms. The van der Waals surface area contributed by atoms with Crippen molar-refractivity contribution < 1.29 is 14.3 Å². The number of ether oxygens (including phenoxy) is 1. The lowest BCUT2D eigenvalue weighted by atomic mass is 10.0. The number of piperidine rings is 1. The van der Waals surface area contributed by atoms with E-state index in [1.807, 2.05) is 11.9 Å². The number of benzene rings is 1. The molecule has 1 aliphatic rings. The summed E-state index contributed by atoms with van der Waals surface area (Å²) < 4.78 is 5.07. The molecule has 0 unspecified atom stereocenters. The van der Waals surface area contributed by atoms with Gasteiger partial charge in [0.25, 0.3) is 0 Å². The number of likely N-dealkylation sites (tertiary alicyclic amines) is 1. The van der Waals surface area contributed by atoms with Crippen molar-refractivity contribution in [3.63, 3.8) is 0 Å². The average Bonchev–Trinajstić information content (AvgIpc) is 2.62. The molecule has 0 aliphatic carbocycles. The van der Waals surface area contributed by atoms with E-state index in [-0.39, 0.29) is 12.5 Å². The number of hydrogen-bond acceptors (Lipinski definition) is 5. The highest BCUT2D eigenvalue weighted by molar-refractivity contribution is 6.01. The first-order valence-electron chi connectivity index (χ1n) is 9.08. The standard InChI is InChI=1S/C19H30N4O3/c1-14(2)23-11-9-16(10-12-23)22(3)13-18(24)21-19(25)20-15-5-7-17(26-4)8-6-15/h5-8,14,16H,9-13H2,1-4H3,(H2,20,21,24,25). The van der Waals surface area contributed by atoms with Crippen molar-refractivity contribution in [2.45, 2.75) is 38.8 Å². The third-order valence-corrected chi connectivity index (χ3v) is 4.85. The van der Waals surface area contributed by atoms with E-state index in [9.17, 15) is 9.59 Å². The number of methoxy groups -OCH3 is 1. The van der Waals surface area contributed by atoms with Crippen molar-refractivity contribution in [3.8, 4) is 5.75 Å². The van der Waals surface area contributed by atoms with Gasteiger partial charge in [-0.05, 0) is 71.1 Å². The third kappa shape index (κ3) is 6.00. The van der Waals surface area contributed by atoms with E-state index in [4.69, 9.17) is 4.74 Å². The molecule has 0 spiro atoms. The molecular weight excluding hydrogens is 332 g/mol. The van der Waals surface area contributed by atoms with Crippen LogP contribution in [0.2, 0.25) is 0 Å². The van der Waals surface area contributed by atoms with E-state index in [0.29, 0.717) is 23.5 Å². The van der Waals surface area contributed by atoms with E-state index < -0.39 is 6.03 Å². The van der Waals surface area contributed by atoms with E-state index in [1.165, 1.54) is 0 Å². The minimum atomic E-state index is -0.525. The smallest absolute Gasteiger partial charge is 0.325 e. The van der Waals surface area contributed by atoms with Crippen LogP contribution in [0.1, 0.15) is 26.7 Å². The largest absolute Gasteiger partial charge is 0.497 e. The predicted octanol–water partition coefficient (Wildman–Crippen LogP) is 2.15. The van der Waals surface area contributed by atoms with Crippen molar-refractivity contribution >= 4 is 17.6 Å². The lowest BCUT2D eigenvalue weighted by molar-refractivity contribution is -0.121. The van der Waals surface area contributed by atoms with Crippen molar-refractivity contribution in [1.29, 1.82) is 0 Å². The lowest BCUT2D eigenvalue weighted by Crippen LogP contribution is -2.49. The predicted molar refractivity (Wildman–Crippen MR) is 103 cm³/mol. The van der Waals surface area contributed by atoms with Crippen LogP contribution in [0.4, 0.5) is 10.5 Å². The monoisotopic (exact) mass is 362 g/mol. The third-order valence-electron chi connectivity index (χ3n) is 4.85. The zero-order valence-electron chi connectivity index (χ0n) is 16.1. The minimum Gasteiger partial charge on any atom is -0.497 e. The summed E-state index contributed by atoms with van der Waals surface area (Å²) in [5.41, 5.74) is 0.602. The summed E-state index contributed by atoms with van der Waals surface area (Å²) in [6.07, 6.45) is 2.08. The highest BCUT2D eigenvalue weighted by atomic mass is 16.5. The molecule has 1 saturated heterocycles. The summed E-state index contributed by atoms with van der Waals surface area (Å²) in [6.45, 7) is 6.72. The van der Waals surface area contributed by atoms with E-state index in [1.54, 1.807) is 31.4 Å². The van der Waals surface area contributed by atoms with Crippen LogP contribution >= 0.6 is 0 Å². The minimum absolute atomic E-state index is 0.211. The number of likely N-dealkylation sites (N-methyl/N-ethyl adjacent to an activating group) is 1. The van der Waals surface area contributed by atoms with Gasteiger partial charge in [0.05, 0.1) is 13.7 Å². The second-order valence-electron chi connectivity index (χ2n) is 7.01. The Balaban J connectivity index is 1.74. The topological polar surface area (TPSA) is 73.9 Å². The van der Waals surface area contributed by atoms with Gasteiger partial charge < -0.3 is 15.0 Å². The molecule has 1 heterocycles. The number of hydrogen-bond donors (Lipinski definition) is 2. The van der Waals surface area contributed by atoms with Crippen LogP contribution in [0.5, 0.6) is 5.75 Å². The first-order valence-corrected chi connectivity index (χ1v) is 9.08. The summed E-state index contributed by atoms with van der Waals surface area (Å²) in [6, 6.07) is 7.34. The van der Waals surface area contributed by atoms with Gasteiger partial charge in [0.2, 0.25) is 5.91 Å². The summed E-state index contributed by atoms with van der Waals surface area (Å²) in [5, 5.41) is 5.03. The molecule has 0 aromatic heterocycles. The fraction of sp³-hybridized carbons (Fsp3) is 0.579.